The number of nitrogens with one attached hydrogen (secondary N) is 1. The van der Waals surface area contributed by atoms with E-state index in [9.17, 15) is 9.59 Å². The average Bonchev–Trinajstić information content (AvgIpc) is 2.67. The van der Waals surface area contributed by atoms with Crippen LogP contribution in [0.4, 0.5) is 0 Å². The van der Waals surface area contributed by atoms with Crippen molar-refractivity contribution in [2.45, 2.75) is 39.8 Å². The van der Waals surface area contributed by atoms with Gasteiger partial charge in [-0.2, -0.15) is 0 Å². The van der Waals surface area contributed by atoms with Gasteiger partial charge in [-0.05, 0) is 55.7 Å². The quantitative estimate of drug-likeness (QED) is 0.815. The summed E-state index contributed by atoms with van der Waals surface area (Å²) in [4.78, 5) is 26.2. The van der Waals surface area contributed by atoms with Crippen LogP contribution in [0.2, 0.25) is 0 Å². The summed E-state index contributed by atoms with van der Waals surface area (Å²) >= 11 is 0. The first-order valence-corrected chi connectivity index (χ1v) is 9.08. The van der Waals surface area contributed by atoms with Gasteiger partial charge in [-0.3, -0.25) is 9.59 Å². The van der Waals surface area contributed by atoms with Gasteiger partial charge in [0.2, 0.25) is 5.91 Å². The lowest BCUT2D eigenvalue weighted by Crippen LogP contribution is -2.32. The summed E-state index contributed by atoms with van der Waals surface area (Å²) in [6, 6.07) is 13.3. The number of benzene rings is 2. The van der Waals surface area contributed by atoms with Crippen molar-refractivity contribution in [1.29, 1.82) is 0 Å². The molecular weight excluding hydrogens is 340 g/mol. The first-order chi connectivity index (χ1) is 12.8. The molecule has 144 valence electrons. The maximum absolute atomic E-state index is 12.3. The van der Waals surface area contributed by atoms with Crippen molar-refractivity contribution in [3.05, 3.63) is 64.7 Å². The third kappa shape index (κ3) is 5.58. The molecule has 2 aromatic rings. The molecule has 5 heteroatoms. The van der Waals surface area contributed by atoms with Crippen molar-refractivity contribution in [2.24, 2.45) is 0 Å². The standard InChI is InChI=1S/C22H28N2O3/c1-15(2)24(4)22(26)19-10-8-17(9-11-19)14-23-21(25)13-18-7-6-16(3)20(12-18)27-5/h6-12,15H,13-14H2,1-5H3,(H,23,25). The van der Waals surface area contributed by atoms with Crippen molar-refractivity contribution in [2.75, 3.05) is 14.2 Å². The lowest BCUT2D eigenvalue weighted by molar-refractivity contribution is -0.120. The summed E-state index contributed by atoms with van der Waals surface area (Å²) in [7, 11) is 3.42. The molecule has 2 amide bonds. The van der Waals surface area contributed by atoms with Crippen LogP contribution in [0.15, 0.2) is 42.5 Å². The van der Waals surface area contributed by atoms with Crippen LogP contribution >= 0.6 is 0 Å². The van der Waals surface area contributed by atoms with Crippen LogP contribution in [0, 0.1) is 6.92 Å². The van der Waals surface area contributed by atoms with E-state index in [-0.39, 0.29) is 17.9 Å². The molecule has 0 atom stereocenters. The van der Waals surface area contributed by atoms with Crippen molar-refractivity contribution in [3.63, 3.8) is 0 Å². The molecule has 0 aliphatic rings. The molecule has 0 spiro atoms. The van der Waals surface area contributed by atoms with E-state index in [1.807, 2.05) is 51.1 Å². The van der Waals surface area contributed by atoms with Gasteiger partial charge in [-0.15, -0.1) is 0 Å². The zero-order valence-corrected chi connectivity index (χ0v) is 16.7. The van der Waals surface area contributed by atoms with E-state index in [0.717, 1.165) is 22.4 Å². The Morgan fingerprint density at radius 3 is 2.30 bits per heavy atom. The third-order valence-corrected chi connectivity index (χ3v) is 4.62. The molecule has 0 aliphatic carbocycles. The molecule has 0 bridgehead atoms. The number of hydrogen-bond acceptors (Lipinski definition) is 3. The van der Waals surface area contributed by atoms with Crippen molar-refractivity contribution >= 4 is 11.8 Å². The Balaban J connectivity index is 1.91. The highest BCUT2D eigenvalue weighted by atomic mass is 16.5. The Labute approximate surface area is 161 Å². The number of carbonyl (C=O) groups is 2. The van der Waals surface area contributed by atoms with E-state index in [0.29, 0.717) is 18.5 Å². The van der Waals surface area contributed by atoms with E-state index in [1.165, 1.54) is 0 Å². The summed E-state index contributed by atoms with van der Waals surface area (Å²) in [5.74, 6) is 0.724. The fourth-order valence-electron chi connectivity index (χ4n) is 2.63. The van der Waals surface area contributed by atoms with Crippen LogP contribution in [0.25, 0.3) is 0 Å². The van der Waals surface area contributed by atoms with Crippen molar-refractivity contribution in [1.82, 2.24) is 10.2 Å². The summed E-state index contributed by atoms with van der Waals surface area (Å²) in [5, 5.41) is 2.91. The minimum Gasteiger partial charge on any atom is -0.496 e. The Hall–Kier alpha value is -2.82. The SMILES string of the molecule is COc1cc(CC(=O)NCc2ccc(C(=O)N(C)C(C)C)cc2)ccc1C. The number of rotatable bonds is 7. The number of aryl methyl sites for hydroxylation is 1. The Bertz CT molecular complexity index is 798. The number of carbonyl (C=O) groups excluding carboxylic acids is 2. The molecule has 27 heavy (non-hydrogen) atoms. The Kier molecular flexibility index (Phi) is 6.99. The topological polar surface area (TPSA) is 58.6 Å². The second-order valence-electron chi connectivity index (χ2n) is 6.96. The molecule has 5 nitrogen and oxygen atoms in total. The lowest BCUT2D eigenvalue weighted by Gasteiger charge is -2.21. The summed E-state index contributed by atoms with van der Waals surface area (Å²) in [6.07, 6.45) is 0.298. The smallest absolute Gasteiger partial charge is 0.253 e. The van der Waals surface area contributed by atoms with Crippen molar-refractivity contribution in [3.8, 4) is 5.75 Å². The molecule has 0 saturated heterocycles. The molecular formula is C22H28N2O3. The van der Waals surface area contributed by atoms with Gasteiger partial charge in [-0.25, -0.2) is 0 Å². The summed E-state index contributed by atoms with van der Waals surface area (Å²) in [6.45, 7) is 6.35. The molecule has 0 saturated carbocycles. The minimum absolute atomic E-state index is 0.00564. The largest absolute Gasteiger partial charge is 0.496 e. The number of amides is 2. The maximum Gasteiger partial charge on any atom is 0.253 e. The van der Waals surface area contributed by atoms with Gasteiger partial charge in [0.05, 0.1) is 13.5 Å². The zero-order chi connectivity index (χ0) is 20.0. The normalized spacial score (nSPS) is 10.6. The number of nitrogens with zero attached hydrogens (tertiary/aromatic N) is 1. The van der Waals surface area contributed by atoms with Crippen LogP contribution in [0.3, 0.4) is 0 Å². The molecule has 2 aromatic carbocycles. The van der Waals surface area contributed by atoms with E-state index in [4.69, 9.17) is 4.74 Å². The molecule has 0 heterocycles. The highest BCUT2D eigenvalue weighted by molar-refractivity contribution is 5.94. The number of ether oxygens (including phenoxy) is 1. The average molecular weight is 368 g/mol. The minimum atomic E-state index is -0.0550. The monoisotopic (exact) mass is 368 g/mol. The van der Waals surface area contributed by atoms with Gasteiger partial charge in [0.1, 0.15) is 5.75 Å². The summed E-state index contributed by atoms with van der Waals surface area (Å²) < 4.78 is 5.30. The predicted octanol–water partition coefficient (Wildman–Crippen LogP) is 3.34. The Morgan fingerprint density at radius 1 is 1.07 bits per heavy atom. The molecule has 1 N–H and O–H groups in total. The van der Waals surface area contributed by atoms with Crippen LogP contribution in [0.1, 0.15) is 40.9 Å². The van der Waals surface area contributed by atoms with E-state index < -0.39 is 0 Å². The van der Waals surface area contributed by atoms with Gasteiger partial charge in [0.25, 0.3) is 5.91 Å². The summed E-state index contributed by atoms with van der Waals surface area (Å²) in [5.41, 5.74) is 3.55. The van der Waals surface area contributed by atoms with E-state index >= 15 is 0 Å². The highest BCUT2D eigenvalue weighted by Crippen LogP contribution is 2.19. The second-order valence-corrected chi connectivity index (χ2v) is 6.96. The van der Waals surface area contributed by atoms with Crippen LogP contribution < -0.4 is 10.1 Å². The first kappa shape index (κ1) is 20.5. The fourth-order valence-corrected chi connectivity index (χ4v) is 2.63. The van der Waals surface area contributed by atoms with Gasteiger partial charge >= 0.3 is 0 Å². The van der Waals surface area contributed by atoms with Crippen LogP contribution in [-0.4, -0.2) is 36.9 Å². The zero-order valence-electron chi connectivity index (χ0n) is 16.7. The third-order valence-electron chi connectivity index (χ3n) is 4.62. The van der Waals surface area contributed by atoms with Crippen LogP contribution in [0.5, 0.6) is 5.75 Å². The lowest BCUT2D eigenvalue weighted by atomic mass is 10.1. The highest BCUT2D eigenvalue weighted by Gasteiger charge is 2.14. The number of methoxy groups -OCH3 is 1. The molecule has 0 radical (unpaired) electrons. The van der Waals surface area contributed by atoms with Gasteiger partial charge in [0, 0.05) is 25.2 Å². The Morgan fingerprint density at radius 2 is 1.70 bits per heavy atom. The fraction of sp³-hybridized carbons (Fsp3) is 0.364. The van der Waals surface area contributed by atoms with Crippen LogP contribution in [-0.2, 0) is 17.8 Å². The molecule has 0 aliphatic heterocycles. The predicted molar refractivity (Wildman–Crippen MR) is 107 cm³/mol. The van der Waals surface area contributed by atoms with E-state index in [2.05, 4.69) is 5.32 Å². The first-order valence-electron chi connectivity index (χ1n) is 9.08. The van der Waals surface area contributed by atoms with Gasteiger partial charge < -0.3 is 15.0 Å². The number of hydrogen-bond donors (Lipinski definition) is 1. The molecule has 0 fully saturated rings. The second kappa shape index (κ2) is 9.21. The van der Waals surface area contributed by atoms with Gasteiger partial charge in [0.15, 0.2) is 0 Å². The van der Waals surface area contributed by atoms with Gasteiger partial charge in [-0.1, -0.05) is 24.3 Å². The van der Waals surface area contributed by atoms with E-state index in [1.54, 1.807) is 31.2 Å². The molecule has 0 unspecified atom stereocenters. The maximum atomic E-state index is 12.3. The molecule has 2 rings (SSSR count). The van der Waals surface area contributed by atoms with Crippen molar-refractivity contribution < 1.29 is 14.3 Å². The molecule has 0 aromatic heterocycles.